The zero-order valence-corrected chi connectivity index (χ0v) is 15.0. The first-order valence-corrected chi connectivity index (χ1v) is 8.49. The molecule has 6 heteroatoms. The summed E-state index contributed by atoms with van der Waals surface area (Å²) in [6, 6.07) is 14.1. The standard InChI is InChI=1S/C20H22N2O4/c1-25-17-7-3-15(4-8-17)19(23)21-11-13-22(14-12-21)20(24)16-5-9-18(26-2)10-6-16/h3-10H,11-14H2,1-2H3. The van der Waals surface area contributed by atoms with Crippen molar-refractivity contribution in [3.8, 4) is 11.5 Å². The van der Waals surface area contributed by atoms with E-state index >= 15 is 0 Å². The van der Waals surface area contributed by atoms with Gasteiger partial charge in [0, 0.05) is 37.3 Å². The molecule has 0 saturated carbocycles. The van der Waals surface area contributed by atoms with Crippen molar-refractivity contribution in [3.05, 3.63) is 59.7 Å². The predicted octanol–water partition coefficient (Wildman–Crippen LogP) is 2.30. The summed E-state index contributed by atoms with van der Waals surface area (Å²) < 4.78 is 10.2. The number of hydrogen-bond donors (Lipinski definition) is 0. The molecule has 2 aromatic carbocycles. The van der Waals surface area contributed by atoms with Crippen LogP contribution in [-0.2, 0) is 0 Å². The van der Waals surface area contributed by atoms with E-state index in [-0.39, 0.29) is 11.8 Å². The van der Waals surface area contributed by atoms with Crippen molar-refractivity contribution >= 4 is 11.8 Å². The van der Waals surface area contributed by atoms with E-state index in [0.717, 1.165) is 11.5 Å². The molecule has 1 heterocycles. The molecule has 1 aliphatic heterocycles. The van der Waals surface area contributed by atoms with Crippen LogP contribution in [0.1, 0.15) is 20.7 Å². The topological polar surface area (TPSA) is 59.1 Å². The Morgan fingerprint density at radius 2 is 0.962 bits per heavy atom. The summed E-state index contributed by atoms with van der Waals surface area (Å²) in [5, 5.41) is 0. The first-order valence-electron chi connectivity index (χ1n) is 8.49. The van der Waals surface area contributed by atoms with Gasteiger partial charge in [-0.2, -0.15) is 0 Å². The fourth-order valence-corrected chi connectivity index (χ4v) is 2.94. The third-order valence-electron chi connectivity index (χ3n) is 4.53. The van der Waals surface area contributed by atoms with Crippen LogP contribution in [-0.4, -0.2) is 62.0 Å². The van der Waals surface area contributed by atoms with Crippen molar-refractivity contribution in [2.75, 3.05) is 40.4 Å². The van der Waals surface area contributed by atoms with Crippen LogP contribution < -0.4 is 9.47 Å². The average molecular weight is 354 g/mol. The molecule has 2 aromatic rings. The van der Waals surface area contributed by atoms with Crippen LogP contribution in [0.15, 0.2) is 48.5 Å². The highest BCUT2D eigenvalue weighted by Gasteiger charge is 2.25. The van der Waals surface area contributed by atoms with Gasteiger partial charge < -0.3 is 19.3 Å². The maximum atomic E-state index is 12.6. The summed E-state index contributed by atoms with van der Waals surface area (Å²) >= 11 is 0. The van der Waals surface area contributed by atoms with Gasteiger partial charge in [0.25, 0.3) is 11.8 Å². The largest absolute Gasteiger partial charge is 0.497 e. The number of amides is 2. The Balaban J connectivity index is 1.59. The smallest absolute Gasteiger partial charge is 0.253 e. The maximum Gasteiger partial charge on any atom is 0.253 e. The second kappa shape index (κ2) is 7.91. The summed E-state index contributed by atoms with van der Waals surface area (Å²) in [4.78, 5) is 28.7. The Hall–Kier alpha value is -3.02. The minimum atomic E-state index is -0.0239. The second-order valence-corrected chi connectivity index (χ2v) is 6.04. The van der Waals surface area contributed by atoms with Crippen LogP contribution in [0, 0.1) is 0 Å². The van der Waals surface area contributed by atoms with Gasteiger partial charge in [0.1, 0.15) is 11.5 Å². The fraction of sp³-hybridized carbons (Fsp3) is 0.300. The van der Waals surface area contributed by atoms with Gasteiger partial charge in [-0.05, 0) is 48.5 Å². The van der Waals surface area contributed by atoms with E-state index in [9.17, 15) is 9.59 Å². The molecule has 0 spiro atoms. The molecule has 1 fully saturated rings. The molecule has 0 bridgehead atoms. The number of hydrogen-bond acceptors (Lipinski definition) is 4. The molecule has 0 unspecified atom stereocenters. The monoisotopic (exact) mass is 354 g/mol. The molecule has 1 aliphatic rings. The first kappa shape index (κ1) is 17.8. The first-order chi connectivity index (χ1) is 12.6. The average Bonchev–Trinajstić information content (AvgIpc) is 2.73. The summed E-state index contributed by atoms with van der Waals surface area (Å²) in [6.07, 6.45) is 0. The highest BCUT2D eigenvalue weighted by molar-refractivity contribution is 5.96. The van der Waals surface area contributed by atoms with Crippen molar-refractivity contribution in [3.63, 3.8) is 0 Å². The number of carbonyl (C=O) groups excluding carboxylic acids is 2. The molecule has 0 N–H and O–H groups in total. The molecule has 3 rings (SSSR count). The number of carbonyl (C=O) groups is 2. The SMILES string of the molecule is COc1ccc(C(=O)N2CCN(C(=O)c3ccc(OC)cc3)CC2)cc1. The molecule has 0 aliphatic carbocycles. The number of rotatable bonds is 4. The number of methoxy groups -OCH3 is 2. The Bertz CT molecular complexity index is 696. The van der Waals surface area contributed by atoms with E-state index < -0.39 is 0 Å². The van der Waals surface area contributed by atoms with Gasteiger partial charge in [-0.25, -0.2) is 0 Å². The number of benzene rings is 2. The third kappa shape index (κ3) is 3.79. The molecule has 0 atom stereocenters. The Labute approximate surface area is 152 Å². The van der Waals surface area contributed by atoms with Crippen LogP contribution in [0.3, 0.4) is 0 Å². The minimum Gasteiger partial charge on any atom is -0.497 e. The fourth-order valence-electron chi connectivity index (χ4n) is 2.94. The molecule has 136 valence electrons. The van der Waals surface area contributed by atoms with Gasteiger partial charge >= 0.3 is 0 Å². The molecule has 2 amide bonds. The van der Waals surface area contributed by atoms with Crippen molar-refractivity contribution in [2.45, 2.75) is 0 Å². The molecule has 0 aromatic heterocycles. The van der Waals surface area contributed by atoms with Crippen molar-refractivity contribution < 1.29 is 19.1 Å². The van der Waals surface area contributed by atoms with Gasteiger partial charge in [-0.3, -0.25) is 9.59 Å². The van der Waals surface area contributed by atoms with Gasteiger partial charge in [-0.1, -0.05) is 0 Å². The van der Waals surface area contributed by atoms with Gasteiger partial charge in [0.2, 0.25) is 0 Å². The zero-order chi connectivity index (χ0) is 18.5. The minimum absolute atomic E-state index is 0.0239. The van der Waals surface area contributed by atoms with Crippen LogP contribution in [0.25, 0.3) is 0 Å². The highest BCUT2D eigenvalue weighted by atomic mass is 16.5. The third-order valence-corrected chi connectivity index (χ3v) is 4.53. The number of ether oxygens (including phenoxy) is 2. The van der Waals surface area contributed by atoms with Crippen molar-refractivity contribution in [1.29, 1.82) is 0 Å². The lowest BCUT2D eigenvalue weighted by molar-refractivity contribution is 0.0535. The molecule has 26 heavy (non-hydrogen) atoms. The second-order valence-electron chi connectivity index (χ2n) is 6.04. The molecule has 0 radical (unpaired) electrons. The summed E-state index contributed by atoms with van der Waals surface area (Å²) in [5.74, 6) is 1.39. The van der Waals surface area contributed by atoms with E-state index in [1.807, 2.05) is 0 Å². The van der Waals surface area contributed by atoms with Crippen molar-refractivity contribution in [2.24, 2.45) is 0 Å². The van der Waals surface area contributed by atoms with Gasteiger partial charge in [0.05, 0.1) is 14.2 Å². The van der Waals surface area contributed by atoms with Crippen LogP contribution in [0.5, 0.6) is 11.5 Å². The lowest BCUT2D eigenvalue weighted by atomic mass is 10.1. The zero-order valence-electron chi connectivity index (χ0n) is 15.0. The summed E-state index contributed by atoms with van der Waals surface area (Å²) in [5.41, 5.74) is 1.25. The van der Waals surface area contributed by atoms with E-state index in [0.29, 0.717) is 37.3 Å². The van der Waals surface area contributed by atoms with Gasteiger partial charge in [-0.15, -0.1) is 0 Å². The summed E-state index contributed by atoms with van der Waals surface area (Å²) in [6.45, 7) is 2.08. The number of nitrogens with zero attached hydrogens (tertiary/aromatic N) is 2. The molecular weight excluding hydrogens is 332 g/mol. The normalized spacial score (nSPS) is 14.1. The summed E-state index contributed by atoms with van der Waals surface area (Å²) in [7, 11) is 3.19. The van der Waals surface area contributed by atoms with E-state index in [1.54, 1.807) is 72.6 Å². The van der Waals surface area contributed by atoms with Crippen LogP contribution in [0.2, 0.25) is 0 Å². The quantitative estimate of drug-likeness (QED) is 0.845. The highest BCUT2D eigenvalue weighted by Crippen LogP contribution is 2.16. The Morgan fingerprint density at radius 3 is 1.23 bits per heavy atom. The van der Waals surface area contributed by atoms with Crippen LogP contribution in [0.4, 0.5) is 0 Å². The van der Waals surface area contributed by atoms with E-state index in [4.69, 9.17) is 9.47 Å². The molecular formula is C20H22N2O4. The maximum absolute atomic E-state index is 12.6. The van der Waals surface area contributed by atoms with E-state index in [2.05, 4.69) is 0 Å². The Morgan fingerprint density at radius 1 is 0.654 bits per heavy atom. The van der Waals surface area contributed by atoms with Gasteiger partial charge in [0.15, 0.2) is 0 Å². The van der Waals surface area contributed by atoms with Crippen molar-refractivity contribution in [1.82, 2.24) is 9.80 Å². The predicted molar refractivity (Wildman–Crippen MR) is 97.8 cm³/mol. The molecule has 1 saturated heterocycles. The van der Waals surface area contributed by atoms with Crippen LogP contribution >= 0.6 is 0 Å². The number of piperazine rings is 1. The molecule has 6 nitrogen and oxygen atoms in total. The lowest BCUT2D eigenvalue weighted by Gasteiger charge is -2.35. The Kier molecular flexibility index (Phi) is 5.41. The lowest BCUT2D eigenvalue weighted by Crippen LogP contribution is -2.50. The van der Waals surface area contributed by atoms with E-state index in [1.165, 1.54) is 0 Å².